The Morgan fingerprint density at radius 1 is 1.07 bits per heavy atom. The SMILES string of the molecule is CCC(=O)Nc1ccc(-c2ccc(O)c3c2CC2CC4C(N(C)C)C(=O)C(C(N)=O)=C(O)C4(O)C(=O)C2=C3O)cc1. The third kappa shape index (κ3) is 4.11. The number of nitrogens with zero attached hydrogens (tertiary/aromatic N) is 1. The normalized spacial score (nSPS) is 25.5. The Kier molecular flexibility index (Phi) is 6.75. The Hall–Kier alpha value is -4.48. The lowest BCUT2D eigenvalue weighted by atomic mass is 9.57. The molecule has 0 heterocycles. The van der Waals surface area contributed by atoms with Crippen molar-refractivity contribution >= 4 is 34.8 Å². The fourth-order valence-corrected chi connectivity index (χ4v) is 6.50. The van der Waals surface area contributed by atoms with Crippen LogP contribution < -0.4 is 11.1 Å². The van der Waals surface area contributed by atoms with Gasteiger partial charge in [-0.1, -0.05) is 25.1 Å². The zero-order valence-electron chi connectivity index (χ0n) is 22.8. The number of Topliss-reactive ketones (excluding diaryl/α,β-unsaturated/α-hetero) is 2. The Labute approximate surface area is 235 Å². The number of fused-ring (bicyclic) bond motifs is 3. The van der Waals surface area contributed by atoms with Crippen LogP contribution in [0.5, 0.6) is 5.75 Å². The molecule has 0 aromatic heterocycles. The number of phenols is 1. The first-order valence-electron chi connectivity index (χ1n) is 13.2. The van der Waals surface area contributed by atoms with E-state index in [1.807, 2.05) is 0 Å². The summed E-state index contributed by atoms with van der Waals surface area (Å²) in [4.78, 5) is 52.5. The highest BCUT2D eigenvalue weighted by Crippen LogP contribution is 2.53. The quantitative estimate of drug-likeness (QED) is 0.296. The molecule has 4 unspecified atom stereocenters. The van der Waals surface area contributed by atoms with Gasteiger partial charge in [0.25, 0.3) is 5.91 Å². The molecule has 0 aliphatic heterocycles. The molecule has 4 atom stereocenters. The number of hydrogen-bond acceptors (Lipinski definition) is 9. The van der Waals surface area contributed by atoms with Gasteiger partial charge in [0.15, 0.2) is 11.4 Å². The summed E-state index contributed by atoms with van der Waals surface area (Å²) >= 11 is 0. The highest BCUT2D eigenvalue weighted by molar-refractivity contribution is 6.24. The molecular formula is C30H31N3O8. The summed E-state index contributed by atoms with van der Waals surface area (Å²) in [7, 11) is 3.10. The molecule has 2 amide bonds. The van der Waals surface area contributed by atoms with Crippen LogP contribution in [0.4, 0.5) is 5.69 Å². The Bertz CT molecular complexity index is 1570. The van der Waals surface area contributed by atoms with Crippen LogP contribution in [0.25, 0.3) is 16.9 Å². The number of nitrogens with one attached hydrogen (secondary N) is 1. The maximum atomic E-state index is 13.9. The molecule has 3 aliphatic rings. The van der Waals surface area contributed by atoms with E-state index in [1.165, 1.54) is 11.0 Å². The largest absolute Gasteiger partial charge is 0.508 e. The van der Waals surface area contributed by atoms with E-state index in [9.17, 15) is 39.6 Å². The van der Waals surface area contributed by atoms with Crippen LogP contribution in [-0.2, 0) is 25.6 Å². The van der Waals surface area contributed by atoms with Gasteiger partial charge in [-0.2, -0.15) is 0 Å². The first kappa shape index (κ1) is 28.1. The smallest absolute Gasteiger partial charge is 0.255 e. The number of likely N-dealkylation sites (N-methyl/N-ethyl adjacent to an activating group) is 1. The fourth-order valence-electron chi connectivity index (χ4n) is 6.50. The monoisotopic (exact) mass is 561 g/mol. The summed E-state index contributed by atoms with van der Waals surface area (Å²) in [5.74, 6) is -7.06. The van der Waals surface area contributed by atoms with E-state index in [4.69, 9.17) is 5.73 Å². The van der Waals surface area contributed by atoms with Crippen molar-refractivity contribution in [1.29, 1.82) is 0 Å². The minimum atomic E-state index is -2.68. The van der Waals surface area contributed by atoms with Gasteiger partial charge in [-0.05, 0) is 67.7 Å². The molecule has 3 aliphatic carbocycles. The number of aromatic hydroxyl groups is 1. The number of carbonyl (C=O) groups excluding carboxylic acids is 4. The van der Waals surface area contributed by atoms with E-state index >= 15 is 0 Å². The number of carbonyl (C=O) groups is 4. The molecule has 41 heavy (non-hydrogen) atoms. The second-order valence-electron chi connectivity index (χ2n) is 10.9. The molecule has 214 valence electrons. The third-order valence-electron chi connectivity index (χ3n) is 8.40. The predicted molar refractivity (Wildman–Crippen MR) is 149 cm³/mol. The average molecular weight is 562 g/mol. The maximum Gasteiger partial charge on any atom is 0.255 e. The van der Waals surface area contributed by atoms with Crippen molar-refractivity contribution < 1.29 is 39.6 Å². The lowest BCUT2D eigenvalue weighted by molar-refractivity contribution is -0.153. The van der Waals surface area contributed by atoms with Crippen molar-refractivity contribution in [2.75, 3.05) is 19.4 Å². The number of anilines is 1. The van der Waals surface area contributed by atoms with Crippen molar-refractivity contribution in [2.45, 2.75) is 37.8 Å². The summed E-state index contributed by atoms with van der Waals surface area (Å²) in [5.41, 5.74) is 4.20. The Morgan fingerprint density at radius 2 is 1.73 bits per heavy atom. The summed E-state index contributed by atoms with van der Waals surface area (Å²) < 4.78 is 0. The van der Waals surface area contributed by atoms with Gasteiger partial charge >= 0.3 is 0 Å². The van der Waals surface area contributed by atoms with E-state index in [-0.39, 0.29) is 35.6 Å². The van der Waals surface area contributed by atoms with Gasteiger partial charge < -0.3 is 31.5 Å². The topological polar surface area (TPSA) is 190 Å². The van der Waals surface area contributed by atoms with Crippen LogP contribution in [0.15, 0.2) is 53.3 Å². The molecule has 1 saturated carbocycles. The molecule has 0 bridgehead atoms. The van der Waals surface area contributed by atoms with Crippen molar-refractivity contribution in [3.63, 3.8) is 0 Å². The van der Waals surface area contributed by atoms with Crippen LogP contribution >= 0.6 is 0 Å². The number of primary amides is 1. The minimum Gasteiger partial charge on any atom is -0.508 e. The molecule has 0 spiro atoms. The minimum absolute atomic E-state index is 0.00282. The van der Waals surface area contributed by atoms with Crippen molar-refractivity contribution in [2.24, 2.45) is 17.6 Å². The van der Waals surface area contributed by atoms with Gasteiger partial charge in [-0.25, -0.2) is 0 Å². The van der Waals surface area contributed by atoms with Crippen LogP contribution in [0, 0.1) is 11.8 Å². The van der Waals surface area contributed by atoms with E-state index < -0.39 is 58.0 Å². The predicted octanol–water partition coefficient (Wildman–Crippen LogP) is 1.98. The summed E-state index contributed by atoms with van der Waals surface area (Å²) in [6.07, 6.45) is 0.504. The van der Waals surface area contributed by atoms with Gasteiger partial charge in [-0.3, -0.25) is 24.1 Å². The lowest BCUT2D eigenvalue weighted by Gasteiger charge is -2.50. The van der Waals surface area contributed by atoms with Crippen LogP contribution in [-0.4, -0.2) is 74.4 Å². The van der Waals surface area contributed by atoms with Gasteiger partial charge in [0.1, 0.15) is 22.8 Å². The molecule has 0 radical (unpaired) electrons. The molecule has 2 aromatic rings. The van der Waals surface area contributed by atoms with Crippen LogP contribution in [0.2, 0.25) is 0 Å². The van der Waals surface area contributed by atoms with Crippen molar-refractivity contribution in [1.82, 2.24) is 4.90 Å². The first-order valence-corrected chi connectivity index (χ1v) is 13.2. The number of benzene rings is 2. The fraction of sp³-hybridized carbons (Fsp3) is 0.333. The maximum absolute atomic E-state index is 13.9. The Morgan fingerprint density at radius 3 is 2.32 bits per heavy atom. The first-order chi connectivity index (χ1) is 19.3. The van der Waals surface area contributed by atoms with Gasteiger partial charge in [0.2, 0.25) is 11.7 Å². The summed E-state index contributed by atoms with van der Waals surface area (Å²) in [6.45, 7) is 1.75. The molecule has 11 nitrogen and oxygen atoms in total. The number of phenolic OH excluding ortho intramolecular Hbond substituents is 1. The molecule has 5 rings (SSSR count). The van der Waals surface area contributed by atoms with Gasteiger partial charge in [0.05, 0.1) is 11.6 Å². The zero-order chi connectivity index (χ0) is 30.0. The highest BCUT2D eigenvalue weighted by Gasteiger charge is 2.64. The van der Waals surface area contributed by atoms with E-state index in [2.05, 4.69) is 5.32 Å². The molecule has 0 saturated heterocycles. The number of aliphatic hydroxyl groups is 3. The lowest BCUT2D eigenvalue weighted by Crippen LogP contribution is -2.65. The van der Waals surface area contributed by atoms with E-state index in [1.54, 1.807) is 51.4 Å². The number of aliphatic hydroxyl groups excluding tert-OH is 2. The van der Waals surface area contributed by atoms with Gasteiger partial charge in [0, 0.05) is 23.6 Å². The second kappa shape index (κ2) is 9.86. The zero-order valence-corrected chi connectivity index (χ0v) is 22.8. The standard InChI is InChI=1S/C30H31N3O8/c1-4-20(35)32-15-7-5-13(6-8-15)16-9-10-19(34)22-17(16)11-14-12-18-24(33(2)3)26(37)23(29(31)40)28(39)30(18,41)27(38)21(14)25(22)36/h5-10,14,18,24,34,36,39,41H,4,11-12H2,1-3H3,(H2,31,40)(H,32,35). The molecule has 11 heteroatoms. The second-order valence-corrected chi connectivity index (χ2v) is 10.9. The van der Waals surface area contributed by atoms with E-state index in [0.717, 1.165) is 5.56 Å². The molecule has 1 fully saturated rings. The van der Waals surface area contributed by atoms with Crippen molar-refractivity contribution in [3.8, 4) is 16.9 Å². The Balaban J connectivity index is 1.65. The number of rotatable bonds is 5. The van der Waals surface area contributed by atoms with E-state index in [0.29, 0.717) is 23.2 Å². The van der Waals surface area contributed by atoms with Crippen molar-refractivity contribution in [3.05, 3.63) is 64.4 Å². The average Bonchev–Trinajstić information content (AvgIpc) is 2.91. The molecule has 7 N–H and O–H groups in total. The number of amides is 2. The van der Waals surface area contributed by atoms with Crippen LogP contribution in [0.3, 0.4) is 0 Å². The van der Waals surface area contributed by atoms with Crippen LogP contribution in [0.1, 0.15) is 30.9 Å². The molecular weight excluding hydrogens is 530 g/mol. The summed E-state index contributed by atoms with van der Waals surface area (Å²) in [5, 5.41) is 47.6. The highest BCUT2D eigenvalue weighted by atomic mass is 16.3. The number of ketones is 2. The molecule has 2 aromatic carbocycles. The third-order valence-corrected chi connectivity index (χ3v) is 8.40. The van der Waals surface area contributed by atoms with Gasteiger partial charge in [-0.15, -0.1) is 0 Å². The number of hydrogen-bond donors (Lipinski definition) is 6. The number of nitrogens with two attached hydrogens (primary N) is 1. The summed E-state index contributed by atoms with van der Waals surface area (Å²) in [6, 6.07) is 8.96.